The number of nitrogens with one attached hydrogen (secondary N) is 1. The zero-order valence-corrected chi connectivity index (χ0v) is 12.1. The van der Waals surface area contributed by atoms with Gasteiger partial charge in [-0.2, -0.15) is 4.98 Å². The summed E-state index contributed by atoms with van der Waals surface area (Å²) in [6.45, 7) is 9.23. The van der Waals surface area contributed by atoms with Crippen LogP contribution in [0.5, 0.6) is 5.88 Å². The first-order valence-corrected chi connectivity index (χ1v) is 7.16. The molecule has 1 aliphatic heterocycles. The number of hydrogen-bond acceptors (Lipinski definition) is 5. The average molecular weight is 264 g/mol. The average Bonchev–Trinajstić information content (AvgIpc) is 2.40. The summed E-state index contributed by atoms with van der Waals surface area (Å²) >= 11 is 0. The SMILES string of the molecule is CCN(c1cncc(OC(C)C)n1)C1CCCNC1. The molecular weight excluding hydrogens is 240 g/mol. The Hall–Kier alpha value is -1.36. The number of piperidine rings is 1. The fourth-order valence-corrected chi connectivity index (χ4v) is 2.48. The van der Waals surface area contributed by atoms with Crippen LogP contribution in [-0.4, -0.2) is 41.7 Å². The second kappa shape index (κ2) is 6.70. The van der Waals surface area contributed by atoms with E-state index >= 15 is 0 Å². The third-order valence-corrected chi connectivity index (χ3v) is 3.30. The van der Waals surface area contributed by atoms with E-state index in [1.165, 1.54) is 12.8 Å². The van der Waals surface area contributed by atoms with Crippen LogP contribution in [0.25, 0.3) is 0 Å². The molecule has 1 aromatic heterocycles. The normalized spacial score (nSPS) is 19.5. The van der Waals surface area contributed by atoms with Crippen molar-refractivity contribution in [1.29, 1.82) is 0 Å². The summed E-state index contributed by atoms with van der Waals surface area (Å²) in [5, 5.41) is 3.45. The van der Waals surface area contributed by atoms with Crippen molar-refractivity contribution in [1.82, 2.24) is 15.3 Å². The molecule has 1 fully saturated rings. The van der Waals surface area contributed by atoms with Crippen LogP contribution in [0.1, 0.15) is 33.6 Å². The van der Waals surface area contributed by atoms with Crippen LogP contribution in [0.3, 0.4) is 0 Å². The summed E-state index contributed by atoms with van der Waals surface area (Å²) in [6, 6.07) is 0.502. The molecule has 0 spiro atoms. The molecule has 0 radical (unpaired) electrons. The lowest BCUT2D eigenvalue weighted by atomic mass is 10.1. The van der Waals surface area contributed by atoms with Gasteiger partial charge in [-0.25, -0.2) is 0 Å². The zero-order valence-electron chi connectivity index (χ0n) is 12.1. The van der Waals surface area contributed by atoms with Gasteiger partial charge in [0.05, 0.1) is 18.5 Å². The van der Waals surface area contributed by atoms with Crippen molar-refractivity contribution >= 4 is 5.82 Å². The molecule has 5 nitrogen and oxygen atoms in total. The van der Waals surface area contributed by atoms with Crippen molar-refractivity contribution < 1.29 is 4.74 Å². The smallest absolute Gasteiger partial charge is 0.234 e. The van der Waals surface area contributed by atoms with E-state index in [4.69, 9.17) is 4.74 Å². The lowest BCUT2D eigenvalue weighted by Gasteiger charge is -2.34. The topological polar surface area (TPSA) is 50.3 Å². The third kappa shape index (κ3) is 3.80. The van der Waals surface area contributed by atoms with Gasteiger partial charge < -0.3 is 15.0 Å². The first-order valence-electron chi connectivity index (χ1n) is 7.16. The summed E-state index contributed by atoms with van der Waals surface area (Å²) in [4.78, 5) is 11.1. The molecule has 1 aromatic rings. The molecule has 1 saturated heterocycles. The molecule has 1 atom stereocenters. The molecule has 19 heavy (non-hydrogen) atoms. The van der Waals surface area contributed by atoms with E-state index in [1.54, 1.807) is 6.20 Å². The predicted octanol–water partition coefficient (Wildman–Crippen LogP) is 1.84. The molecule has 1 N–H and O–H groups in total. The Kier molecular flexibility index (Phi) is 4.96. The van der Waals surface area contributed by atoms with Gasteiger partial charge >= 0.3 is 0 Å². The standard InChI is InChI=1S/C14H24N4O/c1-4-18(12-6-5-7-15-8-12)13-9-16-10-14(17-13)19-11(2)3/h9-12,15H,4-8H2,1-3H3. The summed E-state index contributed by atoms with van der Waals surface area (Å²) in [7, 11) is 0. The lowest BCUT2D eigenvalue weighted by molar-refractivity contribution is 0.231. The van der Waals surface area contributed by atoms with Gasteiger partial charge in [-0.1, -0.05) is 0 Å². The first kappa shape index (κ1) is 14.1. The van der Waals surface area contributed by atoms with Crippen molar-refractivity contribution in [2.75, 3.05) is 24.5 Å². The van der Waals surface area contributed by atoms with Crippen LogP contribution >= 0.6 is 0 Å². The van der Waals surface area contributed by atoms with Gasteiger partial charge in [0, 0.05) is 19.1 Å². The van der Waals surface area contributed by atoms with E-state index in [1.807, 2.05) is 20.0 Å². The molecule has 2 heterocycles. The summed E-state index contributed by atoms with van der Waals surface area (Å²) in [5.74, 6) is 1.52. The summed E-state index contributed by atoms with van der Waals surface area (Å²) < 4.78 is 5.62. The van der Waals surface area contributed by atoms with Gasteiger partial charge in [0.15, 0.2) is 5.82 Å². The van der Waals surface area contributed by atoms with Gasteiger partial charge in [-0.3, -0.25) is 4.98 Å². The molecule has 106 valence electrons. The minimum Gasteiger partial charge on any atom is -0.474 e. The lowest BCUT2D eigenvalue weighted by Crippen LogP contribution is -2.46. The first-order chi connectivity index (χ1) is 9.20. The van der Waals surface area contributed by atoms with E-state index in [9.17, 15) is 0 Å². The highest BCUT2D eigenvalue weighted by Gasteiger charge is 2.21. The maximum Gasteiger partial charge on any atom is 0.234 e. The zero-order chi connectivity index (χ0) is 13.7. The Morgan fingerprint density at radius 3 is 2.95 bits per heavy atom. The maximum atomic E-state index is 5.62. The predicted molar refractivity (Wildman–Crippen MR) is 76.7 cm³/mol. The van der Waals surface area contributed by atoms with Gasteiger partial charge in [-0.15, -0.1) is 0 Å². The minimum atomic E-state index is 0.121. The van der Waals surface area contributed by atoms with Crippen molar-refractivity contribution in [2.45, 2.75) is 45.8 Å². The Morgan fingerprint density at radius 1 is 1.47 bits per heavy atom. The Bertz CT molecular complexity index is 391. The number of likely N-dealkylation sites (N-methyl/N-ethyl adjacent to an activating group) is 1. The monoisotopic (exact) mass is 264 g/mol. The number of ether oxygens (including phenoxy) is 1. The number of anilines is 1. The highest BCUT2D eigenvalue weighted by atomic mass is 16.5. The minimum absolute atomic E-state index is 0.121. The van der Waals surface area contributed by atoms with E-state index in [0.29, 0.717) is 11.9 Å². The molecule has 1 aliphatic rings. The number of nitrogens with zero attached hydrogens (tertiary/aromatic N) is 3. The second-order valence-electron chi connectivity index (χ2n) is 5.17. The third-order valence-electron chi connectivity index (χ3n) is 3.30. The quantitative estimate of drug-likeness (QED) is 0.879. The van der Waals surface area contributed by atoms with Crippen molar-refractivity contribution in [3.8, 4) is 5.88 Å². The molecule has 0 aliphatic carbocycles. The molecule has 1 unspecified atom stereocenters. The van der Waals surface area contributed by atoms with Gasteiger partial charge in [-0.05, 0) is 40.2 Å². The fourth-order valence-electron chi connectivity index (χ4n) is 2.48. The van der Waals surface area contributed by atoms with Crippen LogP contribution in [0.15, 0.2) is 12.4 Å². The highest BCUT2D eigenvalue weighted by Crippen LogP contribution is 2.20. The van der Waals surface area contributed by atoms with E-state index in [0.717, 1.165) is 25.5 Å². The van der Waals surface area contributed by atoms with Gasteiger partial charge in [0.2, 0.25) is 5.88 Å². The summed E-state index contributed by atoms with van der Waals surface area (Å²) in [6.07, 6.45) is 6.05. The molecular formula is C14H24N4O. The molecule has 0 amide bonds. The number of rotatable bonds is 5. The van der Waals surface area contributed by atoms with Crippen LogP contribution in [0, 0.1) is 0 Å². The van der Waals surface area contributed by atoms with Crippen LogP contribution in [0.2, 0.25) is 0 Å². The van der Waals surface area contributed by atoms with Crippen molar-refractivity contribution in [2.24, 2.45) is 0 Å². The van der Waals surface area contributed by atoms with Crippen molar-refractivity contribution in [3.63, 3.8) is 0 Å². The van der Waals surface area contributed by atoms with E-state index in [-0.39, 0.29) is 6.10 Å². The molecule has 0 bridgehead atoms. The Labute approximate surface area is 115 Å². The molecule has 5 heteroatoms. The number of hydrogen-bond donors (Lipinski definition) is 1. The fraction of sp³-hybridized carbons (Fsp3) is 0.714. The van der Waals surface area contributed by atoms with Crippen molar-refractivity contribution in [3.05, 3.63) is 12.4 Å². The molecule has 2 rings (SSSR count). The largest absolute Gasteiger partial charge is 0.474 e. The van der Waals surface area contributed by atoms with E-state index < -0.39 is 0 Å². The molecule has 0 saturated carbocycles. The molecule has 0 aromatic carbocycles. The number of aromatic nitrogens is 2. The van der Waals surface area contributed by atoms with Crippen LogP contribution in [-0.2, 0) is 0 Å². The van der Waals surface area contributed by atoms with Gasteiger partial charge in [0.1, 0.15) is 0 Å². The second-order valence-corrected chi connectivity index (χ2v) is 5.17. The van der Waals surface area contributed by atoms with Crippen LogP contribution < -0.4 is 15.0 Å². The maximum absolute atomic E-state index is 5.62. The Morgan fingerprint density at radius 2 is 2.32 bits per heavy atom. The Balaban J connectivity index is 2.12. The van der Waals surface area contributed by atoms with Crippen LogP contribution in [0.4, 0.5) is 5.82 Å². The van der Waals surface area contributed by atoms with E-state index in [2.05, 4.69) is 27.1 Å². The highest BCUT2D eigenvalue weighted by molar-refractivity contribution is 5.39. The van der Waals surface area contributed by atoms with Gasteiger partial charge in [0.25, 0.3) is 0 Å². The summed E-state index contributed by atoms with van der Waals surface area (Å²) in [5.41, 5.74) is 0.